The number of halogens is 2. The largest absolute Gasteiger partial charge is 0.262 e. The minimum absolute atomic E-state index is 0.0714. The predicted octanol–water partition coefficient (Wildman–Crippen LogP) is 2.81. The van der Waals surface area contributed by atoms with Crippen LogP contribution in [0.3, 0.4) is 0 Å². The molecule has 0 aliphatic heterocycles. The number of hydrogen-bond donors (Lipinski definition) is 0. The highest BCUT2D eigenvalue weighted by Crippen LogP contribution is 2.30. The van der Waals surface area contributed by atoms with Crippen LogP contribution in [-0.4, -0.2) is 8.42 Å². The van der Waals surface area contributed by atoms with E-state index in [4.69, 9.17) is 15.9 Å². The second-order valence-corrected chi connectivity index (χ2v) is 6.14. The van der Waals surface area contributed by atoms with Gasteiger partial charge in [-0.05, 0) is 34.0 Å². The van der Waals surface area contributed by atoms with E-state index >= 15 is 0 Å². The summed E-state index contributed by atoms with van der Waals surface area (Å²) in [6.07, 6.45) is 0.657. The fraction of sp³-hybridized carbons (Fsp3) is 0.222. The zero-order valence-electron chi connectivity index (χ0n) is 7.79. The molecule has 0 atom stereocenters. The van der Waals surface area contributed by atoms with E-state index in [1.165, 1.54) is 6.07 Å². The maximum atomic E-state index is 11.1. The maximum absolute atomic E-state index is 11.1. The summed E-state index contributed by atoms with van der Waals surface area (Å²) in [5.74, 6) is 0. The molecular formula is C9H7BrClNO2S. The molecule has 0 amide bonds. The molecule has 0 aliphatic carbocycles. The van der Waals surface area contributed by atoms with Crippen LogP contribution in [0.1, 0.15) is 18.1 Å². The number of aryl methyl sites for hydroxylation is 1. The molecule has 1 rings (SSSR count). The van der Waals surface area contributed by atoms with Crippen molar-refractivity contribution in [2.75, 3.05) is 0 Å². The Bertz CT molecular complexity index is 534. The molecule has 6 heteroatoms. The molecule has 0 N–H and O–H groups in total. The van der Waals surface area contributed by atoms with Crippen molar-refractivity contribution in [3.05, 3.63) is 27.7 Å². The summed E-state index contributed by atoms with van der Waals surface area (Å²) in [6, 6.07) is 4.95. The maximum Gasteiger partial charge on any atom is 0.262 e. The van der Waals surface area contributed by atoms with Crippen molar-refractivity contribution in [2.45, 2.75) is 18.2 Å². The molecule has 15 heavy (non-hydrogen) atoms. The zero-order chi connectivity index (χ0) is 11.6. The lowest BCUT2D eigenvalue weighted by Gasteiger charge is -2.06. The Labute approximate surface area is 101 Å². The van der Waals surface area contributed by atoms with Crippen molar-refractivity contribution in [1.82, 2.24) is 0 Å². The van der Waals surface area contributed by atoms with E-state index in [-0.39, 0.29) is 9.37 Å². The zero-order valence-corrected chi connectivity index (χ0v) is 10.9. The standard InChI is InChI=1S/C9H7BrClNO2S/c1-2-6-3-4-8(15(11,13)14)9(10)7(6)5-12/h3-4H,2H2,1H3. The topological polar surface area (TPSA) is 57.9 Å². The van der Waals surface area contributed by atoms with Gasteiger partial charge in [-0.25, -0.2) is 8.42 Å². The summed E-state index contributed by atoms with van der Waals surface area (Å²) in [5.41, 5.74) is 1.10. The Morgan fingerprint density at radius 2 is 2.13 bits per heavy atom. The molecule has 3 nitrogen and oxygen atoms in total. The Balaban J connectivity index is 3.59. The van der Waals surface area contributed by atoms with E-state index in [0.29, 0.717) is 12.0 Å². The van der Waals surface area contributed by atoms with Crippen molar-refractivity contribution >= 4 is 35.7 Å². The van der Waals surface area contributed by atoms with Gasteiger partial charge in [0, 0.05) is 10.7 Å². The molecule has 0 aliphatic rings. The van der Waals surface area contributed by atoms with Gasteiger partial charge >= 0.3 is 0 Å². The molecule has 0 spiro atoms. The summed E-state index contributed by atoms with van der Waals surface area (Å²) in [5, 5.41) is 8.90. The number of rotatable bonds is 2. The van der Waals surface area contributed by atoms with Crippen LogP contribution in [0.2, 0.25) is 0 Å². The highest BCUT2D eigenvalue weighted by Gasteiger charge is 2.18. The van der Waals surface area contributed by atoms with Crippen LogP contribution >= 0.6 is 26.6 Å². The van der Waals surface area contributed by atoms with Gasteiger partial charge in [-0.3, -0.25) is 0 Å². The fourth-order valence-electron chi connectivity index (χ4n) is 1.20. The monoisotopic (exact) mass is 307 g/mol. The number of nitriles is 1. The first-order chi connectivity index (χ1) is 6.91. The predicted molar refractivity (Wildman–Crippen MR) is 61.3 cm³/mol. The second-order valence-electron chi connectivity index (χ2n) is 2.82. The highest BCUT2D eigenvalue weighted by molar-refractivity contribution is 9.10. The van der Waals surface area contributed by atoms with Crippen LogP contribution in [0, 0.1) is 11.3 Å². The molecule has 0 heterocycles. The first-order valence-electron chi connectivity index (χ1n) is 4.08. The lowest BCUT2D eigenvalue weighted by Crippen LogP contribution is -1.97. The van der Waals surface area contributed by atoms with Gasteiger partial charge in [0.1, 0.15) is 6.07 Å². The Morgan fingerprint density at radius 3 is 2.53 bits per heavy atom. The minimum atomic E-state index is -3.82. The molecule has 0 saturated carbocycles. The Kier molecular flexibility index (Phi) is 3.77. The molecule has 0 radical (unpaired) electrons. The molecule has 0 fully saturated rings. The summed E-state index contributed by atoms with van der Waals surface area (Å²) in [7, 11) is 1.40. The van der Waals surface area contributed by atoms with Gasteiger partial charge < -0.3 is 0 Å². The molecular weight excluding hydrogens is 302 g/mol. The number of nitrogens with zero attached hydrogens (tertiary/aromatic N) is 1. The van der Waals surface area contributed by atoms with Gasteiger partial charge in [0.05, 0.1) is 14.9 Å². The third-order valence-corrected chi connectivity index (χ3v) is 4.40. The highest BCUT2D eigenvalue weighted by atomic mass is 79.9. The molecule has 1 aromatic carbocycles. The second kappa shape index (κ2) is 4.52. The first-order valence-corrected chi connectivity index (χ1v) is 7.18. The fourth-order valence-corrected chi connectivity index (χ4v) is 3.53. The normalized spacial score (nSPS) is 11.1. The van der Waals surface area contributed by atoms with Crippen molar-refractivity contribution in [1.29, 1.82) is 5.26 Å². The SMILES string of the molecule is CCc1ccc(S(=O)(=O)Cl)c(Br)c1C#N. The molecule has 0 unspecified atom stereocenters. The van der Waals surface area contributed by atoms with E-state index in [9.17, 15) is 8.42 Å². The van der Waals surface area contributed by atoms with E-state index in [2.05, 4.69) is 15.9 Å². The minimum Gasteiger partial charge on any atom is -0.207 e. The quantitative estimate of drug-likeness (QED) is 0.789. The Hall–Kier alpha value is -0.570. The van der Waals surface area contributed by atoms with Gasteiger partial charge in [0.15, 0.2) is 0 Å². The number of hydrogen-bond acceptors (Lipinski definition) is 3. The van der Waals surface area contributed by atoms with Gasteiger partial charge in [0.25, 0.3) is 9.05 Å². The van der Waals surface area contributed by atoms with Crippen molar-refractivity contribution in [2.24, 2.45) is 0 Å². The molecule has 0 bridgehead atoms. The van der Waals surface area contributed by atoms with Crippen LogP contribution in [0.5, 0.6) is 0 Å². The summed E-state index contributed by atoms with van der Waals surface area (Å²) >= 11 is 3.08. The van der Waals surface area contributed by atoms with E-state index in [0.717, 1.165) is 5.56 Å². The van der Waals surface area contributed by atoms with Gasteiger partial charge in [-0.2, -0.15) is 5.26 Å². The van der Waals surface area contributed by atoms with Gasteiger partial charge in [-0.1, -0.05) is 13.0 Å². The Morgan fingerprint density at radius 1 is 1.53 bits per heavy atom. The smallest absolute Gasteiger partial charge is 0.207 e. The molecule has 0 saturated heterocycles. The summed E-state index contributed by atoms with van der Waals surface area (Å²) in [4.78, 5) is -0.0714. The van der Waals surface area contributed by atoms with Crippen molar-refractivity contribution < 1.29 is 8.42 Å². The van der Waals surface area contributed by atoms with Gasteiger partial charge in [0.2, 0.25) is 0 Å². The van der Waals surface area contributed by atoms with E-state index < -0.39 is 9.05 Å². The number of benzene rings is 1. The van der Waals surface area contributed by atoms with E-state index in [1.807, 2.05) is 13.0 Å². The molecule has 80 valence electrons. The molecule has 1 aromatic rings. The van der Waals surface area contributed by atoms with Crippen molar-refractivity contribution in [3.63, 3.8) is 0 Å². The third-order valence-electron chi connectivity index (χ3n) is 1.95. The van der Waals surface area contributed by atoms with Crippen LogP contribution in [0.15, 0.2) is 21.5 Å². The summed E-state index contributed by atoms with van der Waals surface area (Å²) in [6.45, 7) is 1.89. The lowest BCUT2D eigenvalue weighted by atomic mass is 10.1. The van der Waals surface area contributed by atoms with Gasteiger partial charge in [-0.15, -0.1) is 0 Å². The van der Waals surface area contributed by atoms with E-state index in [1.54, 1.807) is 6.07 Å². The molecule has 0 aromatic heterocycles. The summed E-state index contributed by atoms with van der Waals surface area (Å²) < 4.78 is 22.5. The van der Waals surface area contributed by atoms with Crippen LogP contribution < -0.4 is 0 Å². The van der Waals surface area contributed by atoms with Crippen molar-refractivity contribution in [3.8, 4) is 6.07 Å². The average Bonchev–Trinajstić information content (AvgIpc) is 2.15. The average molecular weight is 309 g/mol. The van der Waals surface area contributed by atoms with Crippen LogP contribution in [0.25, 0.3) is 0 Å². The first kappa shape index (κ1) is 12.5. The van der Waals surface area contributed by atoms with Crippen LogP contribution in [-0.2, 0) is 15.5 Å². The lowest BCUT2D eigenvalue weighted by molar-refractivity contribution is 0.609. The van der Waals surface area contributed by atoms with Crippen LogP contribution in [0.4, 0.5) is 0 Å². The third kappa shape index (κ3) is 2.51.